The van der Waals surface area contributed by atoms with Gasteiger partial charge in [0, 0.05) is 25.2 Å². The predicted octanol–water partition coefficient (Wildman–Crippen LogP) is 3.98. The smallest absolute Gasteiger partial charge is 0.243 e. The molecule has 2 aromatic carbocycles. The highest BCUT2D eigenvalue weighted by molar-refractivity contribution is 7.89. The number of nitrogens with one attached hydrogen (secondary N) is 1. The number of rotatable bonds is 7. The third-order valence-electron chi connectivity index (χ3n) is 6.85. The monoisotopic (exact) mass is 484 g/mol. The van der Waals surface area contributed by atoms with Crippen LogP contribution in [0.4, 0.5) is 0 Å². The van der Waals surface area contributed by atoms with Gasteiger partial charge in [-0.1, -0.05) is 12.5 Å². The first kappa shape index (κ1) is 23.1. The van der Waals surface area contributed by atoms with Gasteiger partial charge in [-0.05, 0) is 69.5 Å². The van der Waals surface area contributed by atoms with Gasteiger partial charge in [0.1, 0.15) is 5.82 Å². The molecule has 8 nitrogen and oxygen atoms in total. The van der Waals surface area contributed by atoms with Gasteiger partial charge in [-0.3, -0.25) is 0 Å². The zero-order valence-electron chi connectivity index (χ0n) is 20.0. The third-order valence-corrected chi connectivity index (χ3v) is 8.75. The van der Waals surface area contributed by atoms with Gasteiger partial charge < -0.3 is 19.4 Å². The molecule has 1 saturated heterocycles. The molecule has 0 bridgehead atoms. The molecule has 0 atom stereocenters. The van der Waals surface area contributed by atoms with Crippen LogP contribution in [0, 0.1) is 0 Å². The van der Waals surface area contributed by atoms with E-state index < -0.39 is 10.0 Å². The van der Waals surface area contributed by atoms with Crippen LogP contribution in [0.1, 0.15) is 51.4 Å². The Morgan fingerprint density at radius 1 is 1.03 bits per heavy atom. The van der Waals surface area contributed by atoms with Crippen LogP contribution in [0.15, 0.2) is 41.3 Å². The molecule has 0 amide bonds. The maximum atomic E-state index is 13.1. The summed E-state index contributed by atoms with van der Waals surface area (Å²) in [5, 5.41) is 3.61. The number of piperidine rings is 1. The second-order valence-corrected chi connectivity index (χ2v) is 11.4. The molecule has 0 unspecified atom stereocenters. The summed E-state index contributed by atoms with van der Waals surface area (Å²) in [6, 6.07) is 11.3. The second-order valence-electron chi connectivity index (χ2n) is 9.43. The van der Waals surface area contributed by atoms with Gasteiger partial charge in [-0.15, -0.1) is 0 Å². The molecule has 0 radical (unpaired) electrons. The van der Waals surface area contributed by atoms with Crippen LogP contribution in [0.3, 0.4) is 0 Å². The molecule has 0 saturated carbocycles. The molecule has 3 heterocycles. The van der Waals surface area contributed by atoms with E-state index in [4.69, 9.17) is 14.5 Å². The van der Waals surface area contributed by atoms with Gasteiger partial charge >= 0.3 is 0 Å². The van der Waals surface area contributed by atoms with E-state index in [-0.39, 0.29) is 12.3 Å². The van der Waals surface area contributed by atoms with E-state index in [0.717, 1.165) is 54.2 Å². The average Bonchev–Trinajstić information content (AvgIpc) is 3.46. The summed E-state index contributed by atoms with van der Waals surface area (Å²) >= 11 is 0. The van der Waals surface area contributed by atoms with Crippen molar-refractivity contribution in [2.45, 2.75) is 63.6 Å². The van der Waals surface area contributed by atoms with Crippen molar-refractivity contribution in [2.75, 3.05) is 19.9 Å². The van der Waals surface area contributed by atoms with E-state index in [1.807, 2.05) is 24.3 Å². The normalized spacial score (nSPS) is 16.9. The molecule has 3 aromatic rings. The topological polar surface area (TPSA) is 85.7 Å². The van der Waals surface area contributed by atoms with E-state index in [9.17, 15) is 8.42 Å². The van der Waals surface area contributed by atoms with Crippen LogP contribution in [0.25, 0.3) is 11.0 Å². The van der Waals surface area contributed by atoms with E-state index >= 15 is 0 Å². The first-order valence-corrected chi connectivity index (χ1v) is 13.4. The van der Waals surface area contributed by atoms with Gasteiger partial charge in [-0.25, -0.2) is 13.4 Å². The summed E-state index contributed by atoms with van der Waals surface area (Å²) in [6.45, 7) is 9.03. The highest BCUT2D eigenvalue weighted by Gasteiger charge is 2.27. The Hall–Kier alpha value is -2.62. The van der Waals surface area contributed by atoms with Crippen LogP contribution < -0.4 is 14.8 Å². The standard InChI is InChI=1S/C25H32N4O4S/c1-4-29-21-10-9-19(34(30,31)28-12-6-5-7-13-28)15-20(21)27-24(29)16-26-25(2,3)18-8-11-22-23(14-18)33-17-32-22/h8-11,14-15,26H,4-7,12-13,16-17H2,1-3H3. The number of fused-ring (bicyclic) bond motifs is 2. The highest BCUT2D eigenvalue weighted by Crippen LogP contribution is 2.35. The molecule has 2 aliphatic heterocycles. The summed E-state index contributed by atoms with van der Waals surface area (Å²) in [4.78, 5) is 5.15. The van der Waals surface area contributed by atoms with Crippen molar-refractivity contribution in [3.05, 3.63) is 47.8 Å². The fourth-order valence-corrected chi connectivity index (χ4v) is 6.29. The van der Waals surface area contributed by atoms with Crippen LogP contribution in [-0.2, 0) is 28.7 Å². The van der Waals surface area contributed by atoms with Crippen LogP contribution in [0.2, 0.25) is 0 Å². The minimum Gasteiger partial charge on any atom is -0.454 e. The minimum absolute atomic E-state index is 0.253. The van der Waals surface area contributed by atoms with Crippen molar-refractivity contribution in [1.29, 1.82) is 0 Å². The maximum Gasteiger partial charge on any atom is 0.243 e. The quantitative estimate of drug-likeness (QED) is 0.546. The lowest BCUT2D eigenvalue weighted by molar-refractivity contribution is 0.174. The van der Waals surface area contributed by atoms with Gasteiger partial charge in [0.15, 0.2) is 11.5 Å². The molecule has 1 aromatic heterocycles. The summed E-state index contributed by atoms with van der Waals surface area (Å²) in [6.07, 6.45) is 2.92. The summed E-state index contributed by atoms with van der Waals surface area (Å²) in [5.41, 5.74) is 2.40. The first-order chi connectivity index (χ1) is 16.3. The second kappa shape index (κ2) is 8.87. The number of aromatic nitrogens is 2. The Labute approximate surface area is 200 Å². The van der Waals surface area contributed by atoms with Crippen molar-refractivity contribution < 1.29 is 17.9 Å². The summed E-state index contributed by atoms with van der Waals surface area (Å²) < 4.78 is 41.0. The molecule has 5 rings (SSSR count). The predicted molar refractivity (Wildman–Crippen MR) is 130 cm³/mol. The van der Waals surface area contributed by atoms with Gasteiger partial charge in [0.05, 0.1) is 22.5 Å². The lowest BCUT2D eigenvalue weighted by atomic mass is 9.94. The van der Waals surface area contributed by atoms with E-state index in [0.29, 0.717) is 30.0 Å². The number of nitrogens with zero attached hydrogens (tertiary/aromatic N) is 3. The Morgan fingerprint density at radius 3 is 2.56 bits per heavy atom. The number of benzene rings is 2. The van der Waals surface area contributed by atoms with Crippen molar-refractivity contribution >= 4 is 21.1 Å². The lowest BCUT2D eigenvalue weighted by Crippen LogP contribution is -2.36. The number of aryl methyl sites for hydroxylation is 1. The van der Waals surface area contributed by atoms with Crippen molar-refractivity contribution in [3.8, 4) is 11.5 Å². The van der Waals surface area contributed by atoms with Crippen molar-refractivity contribution in [1.82, 2.24) is 19.2 Å². The van der Waals surface area contributed by atoms with Gasteiger partial charge in [0.2, 0.25) is 16.8 Å². The summed E-state index contributed by atoms with van der Waals surface area (Å²) in [7, 11) is -3.49. The van der Waals surface area contributed by atoms with Crippen molar-refractivity contribution in [3.63, 3.8) is 0 Å². The number of hydrogen-bond donors (Lipinski definition) is 1. The Balaban J connectivity index is 1.40. The number of imidazole rings is 1. The first-order valence-electron chi connectivity index (χ1n) is 11.9. The highest BCUT2D eigenvalue weighted by atomic mass is 32.2. The van der Waals surface area contributed by atoms with Gasteiger partial charge in [0.25, 0.3) is 0 Å². The van der Waals surface area contributed by atoms with E-state index in [1.165, 1.54) is 0 Å². The van der Waals surface area contributed by atoms with E-state index in [2.05, 4.69) is 30.7 Å². The molecular weight excluding hydrogens is 452 g/mol. The van der Waals surface area contributed by atoms with Crippen LogP contribution >= 0.6 is 0 Å². The Kier molecular flexibility index (Phi) is 6.03. The zero-order valence-corrected chi connectivity index (χ0v) is 20.8. The molecule has 182 valence electrons. The molecule has 34 heavy (non-hydrogen) atoms. The van der Waals surface area contributed by atoms with Crippen LogP contribution in [-0.4, -0.2) is 42.2 Å². The summed E-state index contributed by atoms with van der Waals surface area (Å²) in [5.74, 6) is 2.40. The molecule has 2 aliphatic rings. The third kappa shape index (κ3) is 4.16. The number of hydrogen-bond acceptors (Lipinski definition) is 6. The number of sulfonamides is 1. The Morgan fingerprint density at radius 2 is 1.79 bits per heavy atom. The van der Waals surface area contributed by atoms with Gasteiger partial charge in [-0.2, -0.15) is 4.31 Å². The minimum atomic E-state index is -3.49. The van der Waals surface area contributed by atoms with E-state index in [1.54, 1.807) is 16.4 Å². The van der Waals surface area contributed by atoms with Crippen LogP contribution in [0.5, 0.6) is 11.5 Å². The molecule has 1 N–H and O–H groups in total. The SMILES string of the molecule is CCn1c(CNC(C)(C)c2ccc3c(c2)OCO3)nc2cc(S(=O)(=O)N3CCCCC3)ccc21. The molecular formula is C25H32N4O4S. The van der Waals surface area contributed by atoms with Crippen molar-refractivity contribution in [2.24, 2.45) is 0 Å². The average molecular weight is 485 g/mol. The lowest BCUT2D eigenvalue weighted by Gasteiger charge is -2.27. The fraction of sp³-hybridized carbons (Fsp3) is 0.480. The zero-order chi connectivity index (χ0) is 23.9. The molecule has 1 fully saturated rings. The maximum absolute atomic E-state index is 13.1. The fourth-order valence-electron chi connectivity index (χ4n) is 4.75. The largest absolute Gasteiger partial charge is 0.454 e. The number of ether oxygens (including phenoxy) is 2. The molecule has 0 spiro atoms. The molecule has 0 aliphatic carbocycles. The Bertz CT molecular complexity index is 1310. The molecule has 9 heteroatoms.